The van der Waals surface area contributed by atoms with E-state index in [-0.39, 0.29) is 5.91 Å². The molecule has 1 aromatic heterocycles. The Morgan fingerprint density at radius 3 is 2.48 bits per heavy atom. The topological polar surface area (TPSA) is 85.4 Å². The van der Waals surface area contributed by atoms with Crippen molar-refractivity contribution in [3.05, 3.63) is 65.2 Å². The van der Waals surface area contributed by atoms with Gasteiger partial charge in [0, 0.05) is 22.3 Å². The lowest BCUT2D eigenvalue weighted by atomic mass is 10.2. The van der Waals surface area contributed by atoms with Crippen molar-refractivity contribution in [3.8, 4) is 11.5 Å². The van der Waals surface area contributed by atoms with Crippen LogP contribution in [0.1, 0.15) is 10.4 Å². The Bertz CT molecular complexity index is 979. The third-order valence-corrected chi connectivity index (χ3v) is 4.04. The van der Waals surface area contributed by atoms with Gasteiger partial charge in [0.2, 0.25) is 0 Å². The van der Waals surface area contributed by atoms with Crippen molar-refractivity contribution in [1.82, 2.24) is 10.2 Å². The molecular weight excluding hydrogens is 368 g/mol. The number of rotatable bonds is 4. The standard InChI is InChI=1S/C19H15ClN4O3/c20-13-3-1-2-12(10-13)19(25)22-18-7-6-17(23-24-18)21-14-4-5-15-16(11-14)27-9-8-26-15/h1-7,10-11H,8-9H2,(H,21,23)(H,22,24,25). The average molecular weight is 383 g/mol. The highest BCUT2D eigenvalue weighted by molar-refractivity contribution is 6.31. The van der Waals surface area contributed by atoms with Gasteiger partial charge in [0.15, 0.2) is 23.1 Å². The quantitative estimate of drug-likeness (QED) is 0.711. The number of ether oxygens (including phenoxy) is 2. The van der Waals surface area contributed by atoms with E-state index in [4.69, 9.17) is 21.1 Å². The molecule has 136 valence electrons. The van der Waals surface area contributed by atoms with Gasteiger partial charge < -0.3 is 20.1 Å². The van der Waals surface area contributed by atoms with E-state index in [9.17, 15) is 4.79 Å². The molecule has 4 rings (SSSR count). The summed E-state index contributed by atoms with van der Waals surface area (Å²) in [6.07, 6.45) is 0. The molecule has 0 atom stereocenters. The Balaban J connectivity index is 1.42. The zero-order valence-corrected chi connectivity index (χ0v) is 14.9. The summed E-state index contributed by atoms with van der Waals surface area (Å²) < 4.78 is 11.1. The Hall–Kier alpha value is -3.32. The molecule has 1 amide bonds. The average Bonchev–Trinajstić information content (AvgIpc) is 2.69. The highest BCUT2D eigenvalue weighted by Crippen LogP contribution is 2.33. The number of benzene rings is 2. The van der Waals surface area contributed by atoms with Gasteiger partial charge in [0.25, 0.3) is 5.91 Å². The van der Waals surface area contributed by atoms with E-state index in [2.05, 4.69) is 20.8 Å². The number of carbonyl (C=O) groups is 1. The van der Waals surface area contributed by atoms with E-state index >= 15 is 0 Å². The fourth-order valence-corrected chi connectivity index (χ4v) is 2.74. The second-order valence-corrected chi connectivity index (χ2v) is 6.19. The van der Waals surface area contributed by atoms with Crippen LogP contribution < -0.4 is 20.1 Å². The molecule has 1 aliphatic rings. The minimum Gasteiger partial charge on any atom is -0.486 e. The Kier molecular flexibility index (Phi) is 4.76. The van der Waals surface area contributed by atoms with Crippen LogP contribution >= 0.6 is 11.6 Å². The maximum atomic E-state index is 12.2. The summed E-state index contributed by atoms with van der Waals surface area (Å²) in [4.78, 5) is 12.2. The fraction of sp³-hybridized carbons (Fsp3) is 0.105. The zero-order valence-electron chi connectivity index (χ0n) is 14.1. The van der Waals surface area contributed by atoms with E-state index in [1.54, 1.807) is 36.4 Å². The van der Waals surface area contributed by atoms with E-state index in [0.717, 1.165) is 11.4 Å². The third-order valence-electron chi connectivity index (χ3n) is 3.81. The minimum atomic E-state index is -0.306. The van der Waals surface area contributed by atoms with Gasteiger partial charge >= 0.3 is 0 Å². The van der Waals surface area contributed by atoms with Crippen LogP contribution in [-0.4, -0.2) is 29.3 Å². The van der Waals surface area contributed by atoms with Crippen molar-refractivity contribution in [2.75, 3.05) is 23.8 Å². The second kappa shape index (κ2) is 7.51. The van der Waals surface area contributed by atoms with Crippen molar-refractivity contribution in [2.45, 2.75) is 0 Å². The van der Waals surface area contributed by atoms with Gasteiger partial charge in [-0.15, -0.1) is 10.2 Å². The summed E-state index contributed by atoms with van der Waals surface area (Å²) in [7, 11) is 0. The van der Waals surface area contributed by atoms with E-state index in [1.165, 1.54) is 0 Å². The molecule has 0 bridgehead atoms. The van der Waals surface area contributed by atoms with Crippen LogP contribution in [0.3, 0.4) is 0 Å². The number of carbonyl (C=O) groups excluding carboxylic acids is 1. The van der Waals surface area contributed by atoms with Crippen molar-refractivity contribution in [1.29, 1.82) is 0 Å². The molecule has 0 saturated carbocycles. The number of halogens is 1. The van der Waals surface area contributed by atoms with Gasteiger partial charge in [0.1, 0.15) is 13.2 Å². The number of nitrogens with zero attached hydrogens (tertiary/aromatic N) is 2. The van der Waals surface area contributed by atoms with Crippen LogP contribution in [0.2, 0.25) is 5.02 Å². The van der Waals surface area contributed by atoms with Gasteiger partial charge in [-0.25, -0.2) is 0 Å². The van der Waals surface area contributed by atoms with Crippen LogP contribution in [0, 0.1) is 0 Å². The van der Waals surface area contributed by atoms with E-state index in [1.807, 2.05) is 18.2 Å². The first-order valence-electron chi connectivity index (χ1n) is 8.25. The number of aromatic nitrogens is 2. The second-order valence-electron chi connectivity index (χ2n) is 5.75. The van der Waals surface area contributed by atoms with Crippen molar-refractivity contribution < 1.29 is 14.3 Å². The Morgan fingerprint density at radius 2 is 1.70 bits per heavy atom. The number of amides is 1. The molecule has 1 aliphatic heterocycles. The molecule has 7 nitrogen and oxygen atoms in total. The summed E-state index contributed by atoms with van der Waals surface area (Å²) in [6, 6.07) is 15.6. The van der Waals surface area contributed by atoms with Gasteiger partial charge in [-0.3, -0.25) is 4.79 Å². The van der Waals surface area contributed by atoms with Gasteiger partial charge in [-0.2, -0.15) is 0 Å². The molecule has 0 fully saturated rings. The van der Waals surface area contributed by atoms with Crippen LogP contribution in [-0.2, 0) is 0 Å². The molecule has 2 heterocycles. The number of hydrogen-bond acceptors (Lipinski definition) is 6. The lowest BCUT2D eigenvalue weighted by molar-refractivity contribution is 0.102. The first-order valence-corrected chi connectivity index (χ1v) is 8.62. The Labute approximate surface area is 160 Å². The normalized spacial score (nSPS) is 12.3. The number of nitrogens with one attached hydrogen (secondary N) is 2. The molecule has 2 N–H and O–H groups in total. The van der Waals surface area contributed by atoms with Crippen LogP contribution in [0.25, 0.3) is 0 Å². The molecule has 27 heavy (non-hydrogen) atoms. The van der Waals surface area contributed by atoms with Crippen molar-refractivity contribution >= 4 is 34.8 Å². The monoisotopic (exact) mass is 382 g/mol. The van der Waals surface area contributed by atoms with Gasteiger partial charge in [-0.1, -0.05) is 17.7 Å². The maximum absolute atomic E-state index is 12.2. The van der Waals surface area contributed by atoms with Crippen LogP contribution in [0.5, 0.6) is 11.5 Å². The summed E-state index contributed by atoms with van der Waals surface area (Å²) in [5, 5.41) is 14.4. The largest absolute Gasteiger partial charge is 0.486 e. The van der Waals surface area contributed by atoms with Crippen LogP contribution in [0.15, 0.2) is 54.6 Å². The first-order chi connectivity index (χ1) is 13.2. The molecular formula is C19H15ClN4O3. The molecule has 2 aromatic carbocycles. The molecule has 0 aliphatic carbocycles. The fourth-order valence-electron chi connectivity index (χ4n) is 2.55. The minimum absolute atomic E-state index is 0.306. The predicted octanol–water partition coefficient (Wildman–Crippen LogP) is 3.90. The number of fused-ring (bicyclic) bond motifs is 1. The summed E-state index contributed by atoms with van der Waals surface area (Å²) in [5.74, 6) is 1.97. The van der Waals surface area contributed by atoms with Gasteiger partial charge in [-0.05, 0) is 42.5 Å². The van der Waals surface area contributed by atoms with E-state index < -0.39 is 0 Å². The summed E-state index contributed by atoms with van der Waals surface area (Å²) in [6.45, 7) is 1.07. The summed E-state index contributed by atoms with van der Waals surface area (Å²) in [5.41, 5.74) is 1.24. The highest BCUT2D eigenvalue weighted by Gasteiger charge is 2.12. The van der Waals surface area contributed by atoms with Crippen molar-refractivity contribution in [2.24, 2.45) is 0 Å². The highest BCUT2D eigenvalue weighted by atomic mass is 35.5. The Morgan fingerprint density at radius 1 is 0.926 bits per heavy atom. The lowest BCUT2D eigenvalue weighted by Gasteiger charge is -2.19. The third kappa shape index (κ3) is 4.09. The molecule has 8 heteroatoms. The molecule has 3 aromatic rings. The molecule has 0 saturated heterocycles. The molecule has 0 unspecified atom stereocenters. The number of anilines is 3. The lowest BCUT2D eigenvalue weighted by Crippen LogP contribution is -2.15. The smallest absolute Gasteiger partial charge is 0.256 e. The van der Waals surface area contributed by atoms with Crippen molar-refractivity contribution in [3.63, 3.8) is 0 Å². The molecule has 0 spiro atoms. The van der Waals surface area contributed by atoms with Gasteiger partial charge in [0.05, 0.1) is 0 Å². The first kappa shape index (κ1) is 17.1. The van der Waals surface area contributed by atoms with E-state index in [0.29, 0.717) is 41.2 Å². The van der Waals surface area contributed by atoms with Crippen LogP contribution in [0.4, 0.5) is 17.3 Å². The summed E-state index contributed by atoms with van der Waals surface area (Å²) >= 11 is 5.90. The SMILES string of the molecule is O=C(Nc1ccc(Nc2ccc3c(c2)OCCO3)nn1)c1cccc(Cl)c1. The maximum Gasteiger partial charge on any atom is 0.256 e. The molecule has 0 radical (unpaired) electrons. The predicted molar refractivity (Wildman–Crippen MR) is 102 cm³/mol. The zero-order chi connectivity index (χ0) is 18.6. The number of hydrogen-bond donors (Lipinski definition) is 2.